The molecule has 148 valence electrons. The van der Waals surface area contributed by atoms with Crippen LogP contribution >= 0.6 is 0 Å². The second-order valence-electron chi connectivity index (χ2n) is 7.74. The summed E-state index contributed by atoms with van der Waals surface area (Å²) in [5.74, 6) is 1.58. The normalized spacial score (nSPS) is 18.1. The Morgan fingerprint density at radius 1 is 0.867 bits per heavy atom. The molecule has 1 N–H and O–H groups in total. The Bertz CT molecular complexity index is 1240. The Morgan fingerprint density at radius 3 is 2.27 bits per heavy atom. The van der Waals surface area contributed by atoms with Crippen LogP contribution in [0.15, 0.2) is 89.9 Å². The molecule has 2 heterocycles. The molecule has 0 radical (unpaired) electrons. The van der Waals surface area contributed by atoms with E-state index >= 15 is 0 Å². The highest BCUT2D eigenvalue weighted by Crippen LogP contribution is 2.38. The molecule has 1 aliphatic heterocycles. The summed E-state index contributed by atoms with van der Waals surface area (Å²) in [6.45, 7) is 2.85. The molecule has 1 unspecified atom stereocenters. The fourth-order valence-electron chi connectivity index (χ4n) is 4.11. The van der Waals surface area contributed by atoms with Crippen LogP contribution in [0.5, 0.6) is 5.75 Å². The van der Waals surface area contributed by atoms with Gasteiger partial charge in [0.05, 0.1) is 30.3 Å². The maximum absolute atomic E-state index is 5.94. The molecule has 1 aromatic heterocycles. The quantitative estimate of drug-likeness (QED) is 0.520. The van der Waals surface area contributed by atoms with Crippen molar-refractivity contribution in [2.45, 2.75) is 12.5 Å². The van der Waals surface area contributed by atoms with Gasteiger partial charge in [0.1, 0.15) is 11.5 Å². The van der Waals surface area contributed by atoms with E-state index in [2.05, 4.69) is 54.7 Å². The number of aromatic nitrogens is 1. The molecule has 0 bridgehead atoms. The van der Waals surface area contributed by atoms with Crippen LogP contribution in [-0.4, -0.2) is 24.5 Å². The minimum absolute atomic E-state index is 0.265. The van der Waals surface area contributed by atoms with Gasteiger partial charge in [-0.05, 0) is 18.6 Å². The first kappa shape index (κ1) is 18.4. The fraction of sp³-hybridized carbons (Fsp3) is 0.154. The number of fused-ring (bicyclic) bond motifs is 1. The number of ether oxygens (including phenoxy) is 1. The molecule has 4 nitrogen and oxygen atoms in total. The summed E-state index contributed by atoms with van der Waals surface area (Å²) in [5, 5.41) is 4.71. The van der Waals surface area contributed by atoms with Crippen molar-refractivity contribution >= 4 is 16.7 Å². The summed E-state index contributed by atoms with van der Waals surface area (Å²) in [5.41, 5.74) is 4.67. The van der Waals surface area contributed by atoms with Crippen molar-refractivity contribution in [1.82, 2.24) is 10.3 Å². The lowest BCUT2D eigenvalue weighted by Gasteiger charge is -2.26. The Kier molecular flexibility index (Phi) is 4.47. The summed E-state index contributed by atoms with van der Waals surface area (Å²) in [6.07, 6.45) is 0. The van der Waals surface area contributed by atoms with Crippen LogP contribution in [-0.2, 0) is 5.54 Å². The van der Waals surface area contributed by atoms with E-state index in [1.54, 1.807) is 7.11 Å². The molecule has 3 aromatic carbocycles. The van der Waals surface area contributed by atoms with Crippen LogP contribution in [0.2, 0.25) is 0 Å². The van der Waals surface area contributed by atoms with E-state index in [9.17, 15) is 0 Å². The largest absolute Gasteiger partial charge is 0.494 e. The number of benzene rings is 3. The molecule has 4 heteroatoms. The smallest absolute Gasteiger partial charge is 0.156 e. The SMILES string of the molecule is COc1c(-c2ccccc2)nc2ccccc2c1C1=NCC(C)(c2ccccc2)N1. The third-order valence-electron chi connectivity index (χ3n) is 5.69. The fourth-order valence-corrected chi connectivity index (χ4v) is 4.11. The van der Waals surface area contributed by atoms with E-state index in [1.165, 1.54) is 5.56 Å². The monoisotopic (exact) mass is 393 g/mol. The summed E-state index contributed by atoms with van der Waals surface area (Å²) in [6, 6.07) is 28.8. The number of pyridine rings is 1. The number of methoxy groups -OCH3 is 1. The lowest BCUT2D eigenvalue weighted by Crippen LogP contribution is -2.40. The summed E-state index contributed by atoms with van der Waals surface area (Å²) >= 11 is 0. The van der Waals surface area contributed by atoms with Gasteiger partial charge in [-0.1, -0.05) is 78.9 Å². The topological polar surface area (TPSA) is 46.5 Å². The van der Waals surface area contributed by atoms with Gasteiger partial charge in [0.2, 0.25) is 0 Å². The molecular weight excluding hydrogens is 370 g/mol. The molecule has 0 amide bonds. The zero-order chi connectivity index (χ0) is 20.6. The molecule has 30 heavy (non-hydrogen) atoms. The Hall–Kier alpha value is -3.66. The van der Waals surface area contributed by atoms with Gasteiger partial charge >= 0.3 is 0 Å². The average Bonchev–Trinajstić information content (AvgIpc) is 3.21. The van der Waals surface area contributed by atoms with Crippen molar-refractivity contribution < 1.29 is 4.74 Å². The van der Waals surface area contributed by atoms with Gasteiger partial charge in [-0.15, -0.1) is 0 Å². The number of aliphatic imine (C=N–C) groups is 1. The van der Waals surface area contributed by atoms with Crippen LogP contribution in [0.4, 0.5) is 0 Å². The summed E-state index contributed by atoms with van der Waals surface area (Å²) in [7, 11) is 1.70. The number of amidine groups is 1. The highest BCUT2D eigenvalue weighted by atomic mass is 16.5. The van der Waals surface area contributed by atoms with Gasteiger partial charge in [-0.3, -0.25) is 4.99 Å². The van der Waals surface area contributed by atoms with E-state index in [-0.39, 0.29) is 5.54 Å². The Labute approximate surface area is 176 Å². The maximum atomic E-state index is 5.94. The van der Waals surface area contributed by atoms with E-state index in [0.717, 1.165) is 39.3 Å². The molecule has 0 saturated carbocycles. The van der Waals surface area contributed by atoms with Gasteiger partial charge in [-0.2, -0.15) is 0 Å². The van der Waals surface area contributed by atoms with Crippen molar-refractivity contribution in [3.8, 4) is 17.0 Å². The number of rotatable bonds is 4. The van der Waals surface area contributed by atoms with Gasteiger partial charge in [0.25, 0.3) is 0 Å². The van der Waals surface area contributed by atoms with E-state index in [0.29, 0.717) is 6.54 Å². The molecule has 0 fully saturated rings. The second-order valence-corrected chi connectivity index (χ2v) is 7.74. The van der Waals surface area contributed by atoms with E-state index in [1.807, 2.05) is 42.5 Å². The van der Waals surface area contributed by atoms with Gasteiger partial charge in [-0.25, -0.2) is 4.98 Å². The third kappa shape index (κ3) is 3.01. The number of para-hydroxylation sites is 1. The highest BCUT2D eigenvalue weighted by molar-refractivity contribution is 6.13. The highest BCUT2D eigenvalue weighted by Gasteiger charge is 2.35. The minimum Gasteiger partial charge on any atom is -0.494 e. The first-order valence-corrected chi connectivity index (χ1v) is 10.1. The van der Waals surface area contributed by atoms with Gasteiger partial charge in [0, 0.05) is 10.9 Å². The van der Waals surface area contributed by atoms with Crippen LogP contribution in [0.25, 0.3) is 22.2 Å². The van der Waals surface area contributed by atoms with Gasteiger partial charge in [0.15, 0.2) is 5.75 Å². The Morgan fingerprint density at radius 2 is 1.53 bits per heavy atom. The molecule has 0 aliphatic carbocycles. The van der Waals surface area contributed by atoms with Gasteiger partial charge < -0.3 is 10.1 Å². The van der Waals surface area contributed by atoms with Crippen molar-refractivity contribution in [3.63, 3.8) is 0 Å². The maximum Gasteiger partial charge on any atom is 0.156 e. The van der Waals surface area contributed by atoms with Crippen LogP contribution in [0, 0.1) is 0 Å². The molecule has 1 atom stereocenters. The zero-order valence-electron chi connectivity index (χ0n) is 17.1. The summed E-state index contributed by atoms with van der Waals surface area (Å²) in [4.78, 5) is 9.86. The van der Waals surface area contributed by atoms with Crippen molar-refractivity contribution in [2.24, 2.45) is 4.99 Å². The zero-order valence-corrected chi connectivity index (χ0v) is 17.1. The number of nitrogens with zero attached hydrogens (tertiary/aromatic N) is 2. The van der Waals surface area contributed by atoms with E-state index in [4.69, 9.17) is 14.7 Å². The molecule has 1 aliphatic rings. The second kappa shape index (κ2) is 7.30. The predicted octanol–water partition coefficient (Wildman–Crippen LogP) is 5.18. The minimum atomic E-state index is -0.265. The van der Waals surface area contributed by atoms with Crippen LogP contribution in [0.3, 0.4) is 0 Å². The standard InChI is InChI=1S/C26H23N3O/c1-26(19-13-7-4-8-14-19)17-27-25(29-26)22-20-15-9-10-16-21(20)28-23(24(22)30-2)18-11-5-3-6-12-18/h3-16H,17H2,1-2H3,(H,27,29). The number of nitrogens with one attached hydrogen (secondary N) is 1. The number of hydrogen-bond acceptors (Lipinski definition) is 4. The van der Waals surface area contributed by atoms with Crippen molar-refractivity contribution in [3.05, 3.63) is 96.1 Å². The van der Waals surface area contributed by atoms with Crippen molar-refractivity contribution in [1.29, 1.82) is 0 Å². The Balaban J connectivity index is 1.69. The predicted molar refractivity (Wildman–Crippen MR) is 122 cm³/mol. The third-order valence-corrected chi connectivity index (χ3v) is 5.69. The molecule has 0 spiro atoms. The summed E-state index contributed by atoms with van der Waals surface area (Å²) < 4.78 is 5.94. The van der Waals surface area contributed by atoms with Crippen LogP contribution < -0.4 is 10.1 Å². The first-order chi connectivity index (χ1) is 14.7. The lowest BCUT2D eigenvalue weighted by atomic mass is 9.92. The molecular formula is C26H23N3O. The first-order valence-electron chi connectivity index (χ1n) is 10.1. The average molecular weight is 393 g/mol. The lowest BCUT2D eigenvalue weighted by molar-refractivity contribution is 0.414. The molecule has 0 saturated heterocycles. The molecule has 5 rings (SSSR count). The van der Waals surface area contributed by atoms with Crippen LogP contribution in [0.1, 0.15) is 18.1 Å². The van der Waals surface area contributed by atoms with E-state index < -0.39 is 0 Å². The molecule has 4 aromatic rings. The number of hydrogen-bond donors (Lipinski definition) is 1. The van der Waals surface area contributed by atoms with Crippen molar-refractivity contribution in [2.75, 3.05) is 13.7 Å².